The fraction of sp³-hybridized carbons (Fsp3) is 0.211. The number of benzene rings is 4. The van der Waals surface area contributed by atoms with Crippen molar-refractivity contribution in [2.75, 3.05) is 13.2 Å². The molecule has 13 heteroatoms. The Hall–Kier alpha value is -4.44. The van der Waals surface area contributed by atoms with E-state index < -0.39 is 14.7 Å². The Balaban J connectivity index is 0.000000334. The van der Waals surface area contributed by atoms with Crippen LogP contribution in [0.5, 0.6) is 0 Å². The summed E-state index contributed by atoms with van der Waals surface area (Å²) in [5, 5.41) is 11.7. The summed E-state index contributed by atoms with van der Waals surface area (Å²) in [6.45, 7) is 9.76. The lowest BCUT2D eigenvalue weighted by atomic mass is 10.4. The van der Waals surface area contributed by atoms with Gasteiger partial charge in [-0.3, -0.25) is 18.5 Å². The molecular weight excluding hydrogens is 686 g/mol. The molecule has 0 unspecified atom stereocenters. The van der Waals surface area contributed by atoms with E-state index in [1.165, 1.54) is 0 Å². The summed E-state index contributed by atoms with van der Waals surface area (Å²) in [6.07, 6.45) is 0. The molecule has 0 atom stereocenters. The highest BCUT2D eigenvalue weighted by Gasteiger charge is 2.29. The smallest absolute Gasteiger partial charge is 0.261 e. The molecule has 6 aromatic rings. The van der Waals surface area contributed by atoms with E-state index in [2.05, 4.69) is 10.2 Å². The molecule has 2 aromatic heterocycles. The minimum absolute atomic E-state index is 0. The molecule has 0 amide bonds. The van der Waals surface area contributed by atoms with Gasteiger partial charge in [-0.1, -0.05) is 72.8 Å². The van der Waals surface area contributed by atoms with Crippen molar-refractivity contribution in [1.82, 2.24) is 19.6 Å². The van der Waals surface area contributed by atoms with Gasteiger partial charge in [-0.25, -0.2) is 0 Å². The number of aromatic nitrogens is 4. The standard InChI is InChI=1S/2C19H21N2O2P.3H2O/c2*1-16-15-17(2)21(20-16)13-14-23-24(22,18-9-5-3-6-10-18)19-11-7-4-8-12-19;;;/h2*3-12,15H,13-14H2,1-2H3;3*1H2. The largest absolute Gasteiger partial charge is 0.412 e. The van der Waals surface area contributed by atoms with Crippen molar-refractivity contribution in [2.24, 2.45) is 0 Å². The Kier molecular flexibility index (Phi) is 16.6. The maximum Gasteiger partial charge on any atom is 0.261 e. The average Bonchev–Trinajstić information content (AvgIpc) is 3.62. The Morgan fingerprint density at radius 2 is 0.725 bits per heavy atom. The molecule has 0 aliphatic rings. The van der Waals surface area contributed by atoms with E-state index in [1.807, 2.05) is 171 Å². The summed E-state index contributed by atoms with van der Waals surface area (Å²) in [4.78, 5) is 0. The lowest BCUT2D eigenvalue weighted by Gasteiger charge is -2.19. The van der Waals surface area contributed by atoms with Crippen LogP contribution in [-0.2, 0) is 31.3 Å². The molecule has 6 N–H and O–H groups in total. The van der Waals surface area contributed by atoms with Crippen LogP contribution in [0, 0.1) is 27.7 Å². The third kappa shape index (κ3) is 10.8. The van der Waals surface area contributed by atoms with Crippen LogP contribution in [-0.4, -0.2) is 49.2 Å². The topological polar surface area (TPSA) is 183 Å². The highest BCUT2D eigenvalue weighted by molar-refractivity contribution is 7.74. The Morgan fingerprint density at radius 1 is 0.471 bits per heavy atom. The van der Waals surface area contributed by atoms with Crippen LogP contribution in [0.3, 0.4) is 0 Å². The van der Waals surface area contributed by atoms with E-state index in [4.69, 9.17) is 9.05 Å². The van der Waals surface area contributed by atoms with Gasteiger partial charge in [0.15, 0.2) is 0 Å². The second kappa shape index (κ2) is 19.8. The summed E-state index contributed by atoms with van der Waals surface area (Å²) in [6, 6.07) is 41.6. The fourth-order valence-corrected chi connectivity index (χ4v) is 9.54. The van der Waals surface area contributed by atoms with Crippen molar-refractivity contribution in [3.63, 3.8) is 0 Å². The quantitative estimate of drug-likeness (QED) is 0.168. The van der Waals surface area contributed by atoms with E-state index in [9.17, 15) is 9.13 Å². The molecule has 0 spiro atoms. The van der Waals surface area contributed by atoms with Crippen molar-refractivity contribution in [2.45, 2.75) is 40.8 Å². The molecule has 2 heterocycles. The van der Waals surface area contributed by atoms with Gasteiger partial charge in [0.2, 0.25) is 0 Å². The van der Waals surface area contributed by atoms with Gasteiger partial charge in [0.25, 0.3) is 14.7 Å². The van der Waals surface area contributed by atoms with Crippen LogP contribution in [0.4, 0.5) is 0 Å². The zero-order valence-corrected chi connectivity index (χ0v) is 31.1. The van der Waals surface area contributed by atoms with Crippen LogP contribution >= 0.6 is 14.7 Å². The lowest BCUT2D eigenvalue weighted by Crippen LogP contribution is -2.20. The predicted octanol–water partition coefficient (Wildman–Crippen LogP) is 4.42. The van der Waals surface area contributed by atoms with E-state index in [0.29, 0.717) is 47.5 Å². The first-order valence-corrected chi connectivity index (χ1v) is 19.2. The molecule has 0 radical (unpaired) electrons. The number of rotatable bonds is 12. The van der Waals surface area contributed by atoms with Crippen molar-refractivity contribution in [1.29, 1.82) is 0 Å². The second-order valence-electron chi connectivity index (χ2n) is 11.4. The Morgan fingerprint density at radius 3 is 0.941 bits per heavy atom. The molecule has 51 heavy (non-hydrogen) atoms. The number of hydrogen-bond donors (Lipinski definition) is 0. The maximum absolute atomic E-state index is 13.6. The van der Waals surface area contributed by atoms with Gasteiger partial charge in [-0.05, 0) is 88.4 Å². The lowest BCUT2D eigenvalue weighted by molar-refractivity contribution is 0.298. The molecule has 0 saturated heterocycles. The van der Waals surface area contributed by atoms with Crippen molar-refractivity contribution < 1.29 is 34.6 Å². The highest BCUT2D eigenvalue weighted by Crippen LogP contribution is 2.45. The SMILES string of the molecule is Cc1cc(C)n(CCOP(=O)(c2ccccc2)c2ccccc2)n1.Cc1cc(C)n(CCOP(=O)(c2ccccc2)c2ccccc2)n1.O.O.O. The van der Waals surface area contributed by atoms with E-state index >= 15 is 0 Å². The summed E-state index contributed by atoms with van der Waals surface area (Å²) in [5.41, 5.74) is 4.10. The summed E-state index contributed by atoms with van der Waals surface area (Å²) >= 11 is 0. The van der Waals surface area contributed by atoms with E-state index in [0.717, 1.165) is 22.8 Å². The van der Waals surface area contributed by atoms with Crippen molar-refractivity contribution in [3.05, 3.63) is 156 Å². The third-order valence-electron chi connectivity index (χ3n) is 7.74. The van der Waals surface area contributed by atoms with Crippen molar-refractivity contribution >= 4 is 36.0 Å². The first-order valence-electron chi connectivity index (χ1n) is 15.9. The van der Waals surface area contributed by atoms with Gasteiger partial charge in [0.05, 0.1) is 37.7 Å². The van der Waals surface area contributed by atoms with Gasteiger partial charge in [-0.15, -0.1) is 0 Å². The van der Waals surface area contributed by atoms with Crippen molar-refractivity contribution in [3.8, 4) is 0 Å². The van der Waals surface area contributed by atoms with Crippen LogP contribution in [0.2, 0.25) is 0 Å². The third-order valence-corrected chi connectivity index (χ3v) is 12.7. The molecule has 0 fully saturated rings. The zero-order chi connectivity index (χ0) is 34.0. The molecule has 0 aliphatic carbocycles. The van der Waals surface area contributed by atoms with Gasteiger partial charge in [0.1, 0.15) is 0 Å². The highest BCUT2D eigenvalue weighted by atomic mass is 31.2. The molecule has 0 aliphatic heterocycles. The first-order chi connectivity index (χ1) is 23.2. The molecule has 11 nitrogen and oxygen atoms in total. The maximum atomic E-state index is 13.6. The van der Waals surface area contributed by atoms with Gasteiger partial charge in [-0.2, -0.15) is 10.2 Å². The summed E-state index contributed by atoms with van der Waals surface area (Å²) < 4.78 is 43.0. The normalized spacial score (nSPS) is 10.9. The minimum atomic E-state index is -3.11. The molecule has 6 rings (SSSR count). The number of hydrogen-bond acceptors (Lipinski definition) is 6. The van der Waals surface area contributed by atoms with Crippen LogP contribution < -0.4 is 21.2 Å². The monoisotopic (exact) mass is 734 g/mol. The minimum Gasteiger partial charge on any atom is -0.412 e. The zero-order valence-electron chi connectivity index (χ0n) is 29.3. The number of nitrogens with zero attached hydrogens (tertiary/aromatic N) is 4. The van der Waals surface area contributed by atoms with Gasteiger partial charge < -0.3 is 25.5 Å². The average molecular weight is 735 g/mol. The van der Waals surface area contributed by atoms with Crippen LogP contribution in [0.25, 0.3) is 0 Å². The molecule has 4 aromatic carbocycles. The molecular formula is C38H48N4O7P2. The van der Waals surface area contributed by atoms with Gasteiger partial charge >= 0.3 is 0 Å². The number of aryl methyl sites for hydroxylation is 4. The molecule has 0 saturated carbocycles. The van der Waals surface area contributed by atoms with Gasteiger partial charge in [0, 0.05) is 32.6 Å². The van der Waals surface area contributed by atoms with E-state index in [1.54, 1.807) is 0 Å². The predicted molar refractivity (Wildman–Crippen MR) is 206 cm³/mol. The first kappa shape index (κ1) is 42.7. The fourth-order valence-electron chi connectivity index (χ4n) is 5.41. The van der Waals surface area contributed by atoms with Crippen LogP contribution in [0.1, 0.15) is 22.8 Å². The molecule has 272 valence electrons. The summed E-state index contributed by atoms with van der Waals surface area (Å²) in [5.74, 6) is 0. The Labute approximate surface area is 299 Å². The van der Waals surface area contributed by atoms with E-state index in [-0.39, 0.29) is 16.4 Å². The molecule has 0 bridgehead atoms. The van der Waals surface area contributed by atoms with Crippen LogP contribution in [0.15, 0.2) is 133 Å². The Bertz CT molecular complexity index is 1760. The second-order valence-corrected chi connectivity index (χ2v) is 16.2. The summed E-state index contributed by atoms with van der Waals surface area (Å²) in [7, 11) is -6.22.